The fourth-order valence-electron chi connectivity index (χ4n) is 3.01. The lowest BCUT2D eigenvalue weighted by atomic mass is 10.2. The zero-order valence-electron chi connectivity index (χ0n) is 14.9. The lowest BCUT2D eigenvalue weighted by Crippen LogP contribution is -2.36. The molecule has 1 aliphatic heterocycles. The molecule has 27 heavy (non-hydrogen) atoms. The van der Waals surface area contributed by atoms with Crippen molar-refractivity contribution in [1.82, 2.24) is 4.31 Å². The van der Waals surface area contributed by atoms with Crippen LogP contribution in [0.3, 0.4) is 0 Å². The quantitative estimate of drug-likeness (QED) is 0.788. The summed E-state index contributed by atoms with van der Waals surface area (Å²) in [7, 11) is -7.51. The molecule has 6 nitrogen and oxygen atoms in total. The molecule has 1 aliphatic rings. The number of rotatable bonds is 5. The third-order valence-electron chi connectivity index (χ3n) is 4.50. The van der Waals surface area contributed by atoms with Gasteiger partial charge in [-0.2, -0.15) is 4.31 Å². The predicted molar refractivity (Wildman–Crippen MR) is 106 cm³/mol. The highest BCUT2D eigenvalue weighted by Gasteiger charge is 2.28. The maximum atomic E-state index is 13.0. The number of hydrogen-bond acceptors (Lipinski definition) is 4. The van der Waals surface area contributed by atoms with E-state index < -0.39 is 20.0 Å². The van der Waals surface area contributed by atoms with Crippen LogP contribution in [0.2, 0.25) is 5.02 Å². The van der Waals surface area contributed by atoms with Crippen LogP contribution < -0.4 is 4.72 Å². The van der Waals surface area contributed by atoms with Gasteiger partial charge in [-0.25, -0.2) is 16.8 Å². The normalized spacial score (nSPS) is 16.2. The Bertz CT molecular complexity index is 1030. The number of sulfonamides is 2. The Balaban J connectivity index is 1.92. The summed E-state index contributed by atoms with van der Waals surface area (Å²) in [4.78, 5) is 0.175. The van der Waals surface area contributed by atoms with Gasteiger partial charge in [0.05, 0.1) is 15.5 Å². The topological polar surface area (TPSA) is 83.5 Å². The van der Waals surface area contributed by atoms with Gasteiger partial charge in [0.15, 0.2) is 0 Å². The van der Waals surface area contributed by atoms with Gasteiger partial charge in [0, 0.05) is 18.1 Å². The lowest BCUT2D eigenvalue weighted by Gasteiger charge is -2.26. The van der Waals surface area contributed by atoms with E-state index in [0.29, 0.717) is 23.7 Å². The van der Waals surface area contributed by atoms with Crippen molar-refractivity contribution in [2.24, 2.45) is 0 Å². The molecule has 0 atom stereocenters. The Hall–Kier alpha value is -1.61. The summed E-state index contributed by atoms with van der Waals surface area (Å²) >= 11 is 5.80. The number of anilines is 1. The average Bonchev–Trinajstić information content (AvgIpc) is 2.64. The van der Waals surface area contributed by atoms with Gasteiger partial charge in [0.1, 0.15) is 0 Å². The minimum atomic E-state index is -3.85. The van der Waals surface area contributed by atoms with Crippen LogP contribution in [0.15, 0.2) is 52.3 Å². The maximum Gasteiger partial charge on any atom is 0.261 e. The summed E-state index contributed by atoms with van der Waals surface area (Å²) in [5, 5.41) is 0.430. The van der Waals surface area contributed by atoms with Crippen LogP contribution in [0, 0.1) is 6.92 Å². The summed E-state index contributed by atoms with van der Waals surface area (Å²) in [5.74, 6) is 0. The van der Waals surface area contributed by atoms with Crippen LogP contribution in [-0.4, -0.2) is 34.2 Å². The van der Waals surface area contributed by atoms with Crippen LogP contribution in [0.1, 0.15) is 24.8 Å². The molecule has 2 aromatic carbocycles. The van der Waals surface area contributed by atoms with Gasteiger partial charge in [-0.1, -0.05) is 24.1 Å². The van der Waals surface area contributed by atoms with Crippen molar-refractivity contribution in [3.05, 3.63) is 53.1 Å². The standard InChI is InChI=1S/C18H21ClN2O4S2/c1-14-5-8-16(20-26(22,23)17-9-6-15(19)7-10-17)13-18(14)27(24,25)21-11-3-2-4-12-21/h5-10,13,20H,2-4,11-12H2,1H3. The summed E-state index contributed by atoms with van der Waals surface area (Å²) in [5.41, 5.74) is 0.779. The van der Waals surface area contributed by atoms with Crippen molar-refractivity contribution < 1.29 is 16.8 Å². The Kier molecular flexibility index (Phi) is 5.81. The molecule has 0 amide bonds. The Labute approximate surface area is 165 Å². The molecular weight excluding hydrogens is 408 g/mol. The van der Waals surface area contributed by atoms with E-state index >= 15 is 0 Å². The van der Waals surface area contributed by atoms with E-state index in [1.165, 1.54) is 34.6 Å². The van der Waals surface area contributed by atoms with Crippen LogP contribution >= 0.6 is 11.6 Å². The predicted octanol–water partition coefficient (Wildman–Crippen LogP) is 3.62. The van der Waals surface area contributed by atoms with E-state index in [-0.39, 0.29) is 15.5 Å². The fourth-order valence-corrected chi connectivity index (χ4v) is 5.96. The third-order valence-corrected chi connectivity index (χ3v) is 8.19. The molecular formula is C18H21ClN2O4S2. The molecule has 0 aliphatic carbocycles. The monoisotopic (exact) mass is 428 g/mol. The number of piperidine rings is 1. The van der Waals surface area contributed by atoms with Gasteiger partial charge in [-0.3, -0.25) is 4.72 Å². The number of nitrogens with one attached hydrogen (secondary N) is 1. The molecule has 1 fully saturated rings. The van der Waals surface area contributed by atoms with Crippen LogP contribution in [0.5, 0.6) is 0 Å². The van der Waals surface area contributed by atoms with Gasteiger partial charge < -0.3 is 0 Å². The first-order chi connectivity index (χ1) is 12.7. The van der Waals surface area contributed by atoms with Crippen molar-refractivity contribution >= 4 is 37.3 Å². The summed E-state index contributed by atoms with van der Waals surface area (Å²) in [6.07, 6.45) is 2.69. The van der Waals surface area contributed by atoms with E-state index in [4.69, 9.17) is 11.6 Å². The fraction of sp³-hybridized carbons (Fsp3) is 0.333. The zero-order chi connectivity index (χ0) is 19.7. The molecule has 146 valence electrons. The van der Waals surface area contributed by atoms with Gasteiger partial charge in [-0.05, 0) is 61.7 Å². The zero-order valence-corrected chi connectivity index (χ0v) is 17.2. The van der Waals surface area contributed by atoms with Crippen molar-refractivity contribution in [3.63, 3.8) is 0 Å². The van der Waals surface area contributed by atoms with Crippen LogP contribution in [-0.2, 0) is 20.0 Å². The minimum Gasteiger partial charge on any atom is -0.280 e. The molecule has 1 saturated heterocycles. The second-order valence-electron chi connectivity index (χ2n) is 6.50. The van der Waals surface area contributed by atoms with E-state index in [0.717, 1.165) is 19.3 Å². The van der Waals surface area contributed by atoms with Crippen molar-refractivity contribution in [2.75, 3.05) is 17.8 Å². The molecule has 0 bridgehead atoms. The number of halogens is 1. The first kappa shape index (κ1) is 20.1. The second kappa shape index (κ2) is 7.79. The van der Waals surface area contributed by atoms with Gasteiger partial charge in [0.25, 0.3) is 10.0 Å². The SMILES string of the molecule is Cc1ccc(NS(=O)(=O)c2ccc(Cl)cc2)cc1S(=O)(=O)N1CCCCC1. The largest absolute Gasteiger partial charge is 0.280 e. The summed E-state index contributed by atoms with van der Waals surface area (Å²) in [6, 6.07) is 10.3. The molecule has 2 aromatic rings. The first-order valence-electron chi connectivity index (χ1n) is 8.59. The molecule has 0 spiro atoms. The second-order valence-corrected chi connectivity index (χ2v) is 10.5. The maximum absolute atomic E-state index is 13.0. The van der Waals surface area contributed by atoms with E-state index in [2.05, 4.69) is 4.72 Å². The Morgan fingerprint density at radius 3 is 2.19 bits per heavy atom. The van der Waals surface area contributed by atoms with Gasteiger partial charge in [-0.15, -0.1) is 0 Å². The molecule has 1 heterocycles. The highest BCUT2D eigenvalue weighted by molar-refractivity contribution is 7.92. The van der Waals surface area contributed by atoms with E-state index in [9.17, 15) is 16.8 Å². The van der Waals surface area contributed by atoms with Crippen LogP contribution in [0.25, 0.3) is 0 Å². The third kappa shape index (κ3) is 4.45. The summed E-state index contributed by atoms with van der Waals surface area (Å²) < 4.78 is 54.9. The molecule has 0 saturated carbocycles. The molecule has 0 radical (unpaired) electrons. The van der Waals surface area contributed by atoms with E-state index in [1.54, 1.807) is 19.1 Å². The van der Waals surface area contributed by atoms with Gasteiger partial charge in [0.2, 0.25) is 10.0 Å². The lowest BCUT2D eigenvalue weighted by molar-refractivity contribution is 0.346. The first-order valence-corrected chi connectivity index (χ1v) is 11.9. The molecule has 9 heteroatoms. The number of hydrogen-bond donors (Lipinski definition) is 1. The molecule has 3 rings (SSSR count). The molecule has 1 N–H and O–H groups in total. The average molecular weight is 429 g/mol. The minimum absolute atomic E-state index is 0.0490. The van der Waals surface area contributed by atoms with E-state index in [1.807, 2.05) is 0 Å². The highest BCUT2D eigenvalue weighted by atomic mass is 35.5. The summed E-state index contributed by atoms with van der Waals surface area (Å²) in [6.45, 7) is 2.68. The number of nitrogens with zero attached hydrogens (tertiary/aromatic N) is 1. The van der Waals surface area contributed by atoms with Crippen molar-refractivity contribution in [2.45, 2.75) is 36.0 Å². The Morgan fingerprint density at radius 1 is 0.926 bits per heavy atom. The Morgan fingerprint density at radius 2 is 1.56 bits per heavy atom. The number of benzene rings is 2. The smallest absolute Gasteiger partial charge is 0.261 e. The molecule has 0 unspecified atom stereocenters. The highest BCUT2D eigenvalue weighted by Crippen LogP contribution is 2.27. The van der Waals surface area contributed by atoms with Crippen molar-refractivity contribution in [1.29, 1.82) is 0 Å². The molecule has 0 aromatic heterocycles. The number of aryl methyl sites for hydroxylation is 1. The van der Waals surface area contributed by atoms with Crippen molar-refractivity contribution in [3.8, 4) is 0 Å². The van der Waals surface area contributed by atoms with Crippen LogP contribution in [0.4, 0.5) is 5.69 Å². The van der Waals surface area contributed by atoms with Gasteiger partial charge >= 0.3 is 0 Å².